The lowest BCUT2D eigenvalue weighted by atomic mass is 10.3. The van der Waals surface area contributed by atoms with Crippen molar-refractivity contribution in [2.24, 2.45) is 0 Å². The average molecular weight is 217 g/mol. The number of nitrogens with one attached hydrogen (secondary N) is 2. The fourth-order valence-electron chi connectivity index (χ4n) is 1.46. The molecule has 0 aliphatic rings. The van der Waals surface area contributed by atoms with E-state index in [2.05, 4.69) is 44.3 Å². The van der Waals surface area contributed by atoms with Crippen molar-refractivity contribution >= 4 is 17.0 Å². The number of H-pyrrole nitrogens is 1. The minimum Gasteiger partial charge on any atom is -0.368 e. The monoisotopic (exact) mass is 217 g/mol. The summed E-state index contributed by atoms with van der Waals surface area (Å²) in [5, 5.41) is 3.26. The Labute approximate surface area is 94.0 Å². The molecule has 2 aromatic heterocycles. The standard InChI is InChI=1S/C11H15N5/c1-2-3-4-5-6-12-10-9-11(14-7-13-9)16-8-15-10/h3-4,7-8H,2,5-6H2,1H3,(H2,12,13,14,15,16)/b4-3+. The quantitative estimate of drug-likeness (QED) is 0.594. The van der Waals surface area contributed by atoms with Gasteiger partial charge in [-0.1, -0.05) is 19.1 Å². The Bertz CT molecular complexity index is 474. The van der Waals surface area contributed by atoms with E-state index in [-0.39, 0.29) is 0 Å². The number of anilines is 1. The van der Waals surface area contributed by atoms with E-state index in [0.29, 0.717) is 5.65 Å². The highest BCUT2D eigenvalue weighted by atomic mass is 15.1. The predicted octanol–water partition coefficient (Wildman–Crippen LogP) is 2.12. The third-order valence-electron chi connectivity index (χ3n) is 2.23. The maximum atomic E-state index is 4.18. The molecule has 0 fully saturated rings. The van der Waals surface area contributed by atoms with Crippen molar-refractivity contribution in [1.29, 1.82) is 0 Å². The van der Waals surface area contributed by atoms with Crippen molar-refractivity contribution in [3.8, 4) is 0 Å². The van der Waals surface area contributed by atoms with Gasteiger partial charge in [0.2, 0.25) is 0 Å². The van der Waals surface area contributed by atoms with Gasteiger partial charge in [-0.05, 0) is 12.8 Å². The number of allylic oxidation sites excluding steroid dienone is 1. The van der Waals surface area contributed by atoms with E-state index in [1.165, 1.54) is 6.33 Å². The van der Waals surface area contributed by atoms with Gasteiger partial charge in [0, 0.05) is 6.54 Å². The Morgan fingerprint density at radius 2 is 2.25 bits per heavy atom. The van der Waals surface area contributed by atoms with Gasteiger partial charge >= 0.3 is 0 Å². The van der Waals surface area contributed by atoms with Crippen LogP contribution in [0.3, 0.4) is 0 Å². The average Bonchev–Trinajstić information content (AvgIpc) is 2.77. The van der Waals surface area contributed by atoms with Gasteiger partial charge in [-0.15, -0.1) is 0 Å². The van der Waals surface area contributed by atoms with Crippen LogP contribution >= 0.6 is 0 Å². The summed E-state index contributed by atoms with van der Waals surface area (Å²) in [6.07, 6.45) is 9.55. The zero-order valence-corrected chi connectivity index (χ0v) is 9.27. The van der Waals surface area contributed by atoms with Crippen molar-refractivity contribution in [3.63, 3.8) is 0 Å². The molecule has 2 rings (SSSR count). The van der Waals surface area contributed by atoms with Crippen molar-refractivity contribution < 1.29 is 0 Å². The molecule has 84 valence electrons. The largest absolute Gasteiger partial charge is 0.368 e. The zero-order chi connectivity index (χ0) is 11.2. The molecule has 0 saturated heterocycles. The highest BCUT2D eigenvalue weighted by Crippen LogP contribution is 2.13. The van der Waals surface area contributed by atoms with Crippen LogP contribution < -0.4 is 5.32 Å². The van der Waals surface area contributed by atoms with Crippen LogP contribution in [0.4, 0.5) is 5.82 Å². The lowest BCUT2D eigenvalue weighted by molar-refractivity contribution is 1.03. The molecule has 2 aromatic rings. The number of hydrogen-bond acceptors (Lipinski definition) is 4. The van der Waals surface area contributed by atoms with Gasteiger partial charge in [0.05, 0.1) is 6.33 Å². The molecular formula is C11H15N5. The first-order chi connectivity index (χ1) is 7.92. The molecule has 0 radical (unpaired) electrons. The fourth-order valence-corrected chi connectivity index (χ4v) is 1.46. The summed E-state index contributed by atoms with van der Waals surface area (Å²) in [6.45, 7) is 2.99. The molecule has 0 aliphatic carbocycles. The maximum Gasteiger partial charge on any atom is 0.182 e. The fraction of sp³-hybridized carbons (Fsp3) is 0.364. The summed E-state index contributed by atoms with van der Waals surface area (Å²) in [6, 6.07) is 0. The third kappa shape index (κ3) is 2.36. The predicted molar refractivity (Wildman–Crippen MR) is 64.2 cm³/mol. The Hall–Kier alpha value is -1.91. The van der Waals surface area contributed by atoms with Crippen molar-refractivity contribution in [2.75, 3.05) is 11.9 Å². The van der Waals surface area contributed by atoms with E-state index >= 15 is 0 Å². The van der Waals surface area contributed by atoms with Gasteiger partial charge in [-0.25, -0.2) is 15.0 Å². The lowest BCUT2D eigenvalue weighted by Crippen LogP contribution is -2.03. The van der Waals surface area contributed by atoms with Gasteiger partial charge in [0.25, 0.3) is 0 Å². The van der Waals surface area contributed by atoms with Gasteiger partial charge < -0.3 is 10.3 Å². The van der Waals surface area contributed by atoms with Crippen molar-refractivity contribution in [1.82, 2.24) is 19.9 Å². The van der Waals surface area contributed by atoms with Gasteiger partial charge in [0.1, 0.15) is 11.8 Å². The smallest absolute Gasteiger partial charge is 0.182 e. The van der Waals surface area contributed by atoms with Crippen molar-refractivity contribution in [2.45, 2.75) is 19.8 Å². The summed E-state index contributed by atoms with van der Waals surface area (Å²) in [7, 11) is 0. The van der Waals surface area contributed by atoms with Crippen LogP contribution in [0.2, 0.25) is 0 Å². The molecule has 0 unspecified atom stereocenters. The summed E-state index contributed by atoms with van der Waals surface area (Å²) in [5.41, 5.74) is 1.56. The number of imidazole rings is 1. The van der Waals surface area contributed by atoms with Crippen LogP contribution in [0, 0.1) is 0 Å². The molecule has 0 aliphatic heterocycles. The molecule has 0 amide bonds. The first-order valence-electron chi connectivity index (χ1n) is 5.44. The van der Waals surface area contributed by atoms with Gasteiger partial charge in [0.15, 0.2) is 11.5 Å². The summed E-state index contributed by atoms with van der Waals surface area (Å²) < 4.78 is 0. The first kappa shape index (κ1) is 10.6. The van der Waals surface area contributed by atoms with Crippen molar-refractivity contribution in [3.05, 3.63) is 24.8 Å². The normalized spacial score (nSPS) is 11.3. The highest BCUT2D eigenvalue weighted by molar-refractivity contribution is 5.81. The van der Waals surface area contributed by atoms with E-state index in [9.17, 15) is 0 Å². The van der Waals surface area contributed by atoms with Crippen LogP contribution in [-0.2, 0) is 0 Å². The molecule has 0 atom stereocenters. The van der Waals surface area contributed by atoms with Crippen LogP contribution in [0.1, 0.15) is 19.8 Å². The van der Waals surface area contributed by atoms with E-state index in [4.69, 9.17) is 0 Å². The Balaban J connectivity index is 1.98. The SMILES string of the molecule is CC/C=C/CCNc1ncnc2nc[nH]c12. The molecule has 0 spiro atoms. The summed E-state index contributed by atoms with van der Waals surface area (Å²) >= 11 is 0. The van der Waals surface area contributed by atoms with Gasteiger partial charge in [-0.2, -0.15) is 0 Å². The molecule has 5 heteroatoms. The minimum absolute atomic E-state index is 0.696. The zero-order valence-electron chi connectivity index (χ0n) is 9.27. The number of aromatic nitrogens is 4. The Morgan fingerprint density at radius 1 is 1.31 bits per heavy atom. The summed E-state index contributed by atoms with van der Waals surface area (Å²) in [5.74, 6) is 0.812. The van der Waals surface area contributed by atoms with Crippen LogP contribution in [0.5, 0.6) is 0 Å². The molecule has 16 heavy (non-hydrogen) atoms. The van der Waals surface area contributed by atoms with E-state index in [1.807, 2.05) is 0 Å². The van der Waals surface area contributed by atoms with Crippen LogP contribution in [-0.4, -0.2) is 26.5 Å². The number of aromatic amines is 1. The number of nitrogens with zero attached hydrogens (tertiary/aromatic N) is 3. The molecular weight excluding hydrogens is 202 g/mol. The molecule has 0 aromatic carbocycles. The highest BCUT2D eigenvalue weighted by Gasteiger charge is 2.03. The molecule has 2 heterocycles. The maximum absolute atomic E-state index is 4.18. The van der Waals surface area contributed by atoms with E-state index in [1.54, 1.807) is 6.33 Å². The van der Waals surface area contributed by atoms with Crippen LogP contribution in [0.15, 0.2) is 24.8 Å². The lowest BCUT2D eigenvalue weighted by Gasteiger charge is -2.03. The molecule has 0 saturated carbocycles. The minimum atomic E-state index is 0.696. The number of fused-ring (bicyclic) bond motifs is 1. The van der Waals surface area contributed by atoms with E-state index < -0.39 is 0 Å². The second-order valence-corrected chi connectivity index (χ2v) is 3.42. The number of hydrogen-bond donors (Lipinski definition) is 2. The Morgan fingerprint density at radius 3 is 3.12 bits per heavy atom. The van der Waals surface area contributed by atoms with Crippen LogP contribution in [0.25, 0.3) is 11.2 Å². The number of rotatable bonds is 5. The van der Waals surface area contributed by atoms with Gasteiger partial charge in [-0.3, -0.25) is 0 Å². The summed E-state index contributed by atoms with van der Waals surface area (Å²) in [4.78, 5) is 15.3. The van der Waals surface area contributed by atoms with E-state index in [0.717, 1.165) is 30.7 Å². The second-order valence-electron chi connectivity index (χ2n) is 3.42. The second kappa shape index (κ2) is 5.25. The molecule has 0 bridgehead atoms. The topological polar surface area (TPSA) is 66.5 Å². The third-order valence-corrected chi connectivity index (χ3v) is 2.23. The first-order valence-corrected chi connectivity index (χ1v) is 5.44. The molecule has 5 nitrogen and oxygen atoms in total. The molecule has 2 N–H and O–H groups in total. The Kier molecular flexibility index (Phi) is 3.48.